The van der Waals surface area contributed by atoms with E-state index >= 15 is 0 Å². The van der Waals surface area contributed by atoms with Gasteiger partial charge in [-0.3, -0.25) is 4.72 Å². The van der Waals surface area contributed by atoms with Crippen molar-refractivity contribution in [1.82, 2.24) is 0 Å². The van der Waals surface area contributed by atoms with Crippen LogP contribution in [0, 0.1) is 0 Å². The molecule has 1 rings (SSSR count). The van der Waals surface area contributed by atoms with Gasteiger partial charge in [0, 0.05) is 18.4 Å². The van der Waals surface area contributed by atoms with E-state index in [1.807, 2.05) is 0 Å². The molecule has 0 heterocycles. The number of hydrogen-bond donors (Lipinski definition) is 2. The highest BCUT2D eigenvalue weighted by atomic mass is 32.2. The average Bonchev–Trinajstić information content (AvgIpc) is 2.37. The van der Waals surface area contributed by atoms with Crippen LogP contribution in [0.25, 0.3) is 0 Å². The third-order valence-electron chi connectivity index (χ3n) is 2.54. The molecule has 0 aliphatic carbocycles. The fourth-order valence-corrected chi connectivity index (χ4v) is 4.17. The predicted octanol–water partition coefficient (Wildman–Crippen LogP) is 0.0723. The number of sulfone groups is 1. The molecule has 1 aromatic carbocycles. The van der Waals surface area contributed by atoms with Crippen LogP contribution in [0.15, 0.2) is 12.1 Å². The van der Waals surface area contributed by atoms with Crippen molar-refractivity contribution in [3.8, 4) is 11.5 Å². The quantitative estimate of drug-likeness (QED) is 0.674. The summed E-state index contributed by atoms with van der Waals surface area (Å²) in [5.41, 5.74) is 5.96. The number of methoxy groups -OCH3 is 2. The molecule has 0 saturated carbocycles. The normalized spacial score (nSPS) is 12.0. The summed E-state index contributed by atoms with van der Waals surface area (Å²) in [5.74, 6) is -0.378. The Morgan fingerprint density at radius 3 is 2.05 bits per heavy atom. The van der Waals surface area contributed by atoms with Crippen molar-refractivity contribution in [2.75, 3.05) is 42.4 Å². The molecule has 0 spiro atoms. The number of nitrogens with two attached hydrogens (primary N) is 1. The number of benzene rings is 1. The Hall–Kier alpha value is -1.68. The Labute approximate surface area is 124 Å². The minimum atomic E-state index is -3.84. The molecule has 0 amide bonds. The Morgan fingerprint density at radius 2 is 1.57 bits per heavy atom. The van der Waals surface area contributed by atoms with E-state index in [1.165, 1.54) is 26.4 Å². The van der Waals surface area contributed by atoms with Gasteiger partial charge >= 0.3 is 0 Å². The van der Waals surface area contributed by atoms with E-state index in [2.05, 4.69) is 4.72 Å². The van der Waals surface area contributed by atoms with Crippen LogP contribution in [0.5, 0.6) is 11.5 Å². The first-order valence-electron chi connectivity index (χ1n) is 5.77. The van der Waals surface area contributed by atoms with E-state index in [1.54, 1.807) is 0 Å². The van der Waals surface area contributed by atoms with Gasteiger partial charge in [0.25, 0.3) is 0 Å². The summed E-state index contributed by atoms with van der Waals surface area (Å²) in [6.07, 6.45) is 0.966. The third kappa shape index (κ3) is 5.31. The third-order valence-corrected chi connectivity index (χ3v) is 5.02. The van der Waals surface area contributed by atoms with Gasteiger partial charge in [-0.1, -0.05) is 0 Å². The van der Waals surface area contributed by atoms with E-state index in [-0.39, 0.29) is 11.4 Å². The zero-order valence-corrected chi connectivity index (χ0v) is 13.5. The van der Waals surface area contributed by atoms with Crippen LogP contribution < -0.4 is 19.9 Å². The van der Waals surface area contributed by atoms with Crippen LogP contribution in [0.1, 0.15) is 0 Å². The fraction of sp³-hybridized carbons (Fsp3) is 0.455. The van der Waals surface area contributed by atoms with E-state index in [4.69, 9.17) is 15.2 Å². The van der Waals surface area contributed by atoms with Crippen molar-refractivity contribution < 1.29 is 26.3 Å². The number of nitrogen functional groups attached to an aromatic ring is 1. The van der Waals surface area contributed by atoms with Crippen molar-refractivity contribution in [3.63, 3.8) is 0 Å². The van der Waals surface area contributed by atoms with Gasteiger partial charge in [-0.25, -0.2) is 16.8 Å². The number of rotatable bonds is 7. The molecule has 0 aliphatic heterocycles. The summed E-state index contributed by atoms with van der Waals surface area (Å²) in [4.78, 5) is 0. The molecule has 0 atom stereocenters. The Balaban J connectivity index is 3.02. The summed E-state index contributed by atoms with van der Waals surface area (Å²) in [6, 6.07) is 2.78. The number of anilines is 2. The summed E-state index contributed by atoms with van der Waals surface area (Å²) in [5, 5.41) is 0. The molecule has 0 unspecified atom stereocenters. The molecule has 120 valence electrons. The number of sulfonamides is 1. The largest absolute Gasteiger partial charge is 0.493 e. The second-order valence-corrected chi connectivity index (χ2v) is 8.45. The predicted molar refractivity (Wildman–Crippen MR) is 81.1 cm³/mol. The molecule has 0 radical (unpaired) electrons. The Bertz CT molecular complexity index is 712. The highest BCUT2D eigenvalue weighted by Gasteiger charge is 2.17. The standard InChI is InChI=1S/C11H18N2O6S2/c1-18-10-6-8(12)9(7-11(10)19-2)13-21(16,17)5-4-20(3,14)15/h6-7,13H,4-5,12H2,1-3H3. The second kappa shape index (κ2) is 6.39. The monoisotopic (exact) mass is 338 g/mol. The van der Waals surface area contributed by atoms with E-state index in [0.717, 1.165) is 6.26 Å². The van der Waals surface area contributed by atoms with Crippen LogP contribution in [0.2, 0.25) is 0 Å². The maximum absolute atomic E-state index is 11.8. The van der Waals surface area contributed by atoms with Gasteiger partial charge in [0.15, 0.2) is 11.5 Å². The molecule has 0 fully saturated rings. The summed E-state index contributed by atoms with van der Waals surface area (Å²) in [6.45, 7) is 0. The lowest BCUT2D eigenvalue weighted by atomic mass is 10.2. The minimum absolute atomic E-state index is 0.0983. The van der Waals surface area contributed by atoms with Gasteiger partial charge in [0.2, 0.25) is 10.0 Å². The van der Waals surface area contributed by atoms with Crippen molar-refractivity contribution in [1.29, 1.82) is 0 Å². The van der Waals surface area contributed by atoms with Crippen molar-refractivity contribution in [2.24, 2.45) is 0 Å². The minimum Gasteiger partial charge on any atom is -0.493 e. The van der Waals surface area contributed by atoms with Gasteiger partial charge in [-0.2, -0.15) is 0 Å². The molecule has 0 bridgehead atoms. The number of hydrogen-bond acceptors (Lipinski definition) is 7. The smallest absolute Gasteiger partial charge is 0.233 e. The van der Waals surface area contributed by atoms with E-state index < -0.39 is 31.4 Å². The first-order valence-corrected chi connectivity index (χ1v) is 9.49. The summed E-state index contributed by atoms with van der Waals surface area (Å²) >= 11 is 0. The van der Waals surface area contributed by atoms with Crippen molar-refractivity contribution in [2.45, 2.75) is 0 Å². The van der Waals surface area contributed by atoms with Gasteiger partial charge in [-0.15, -0.1) is 0 Å². The van der Waals surface area contributed by atoms with E-state index in [0.29, 0.717) is 11.5 Å². The van der Waals surface area contributed by atoms with Crippen LogP contribution in [-0.2, 0) is 19.9 Å². The first kappa shape index (κ1) is 17.4. The number of nitrogens with one attached hydrogen (secondary N) is 1. The first-order chi connectivity index (χ1) is 9.58. The molecular weight excluding hydrogens is 320 g/mol. The second-order valence-electron chi connectivity index (χ2n) is 4.35. The Morgan fingerprint density at radius 1 is 1.05 bits per heavy atom. The highest BCUT2D eigenvalue weighted by Crippen LogP contribution is 2.35. The van der Waals surface area contributed by atoms with Crippen LogP contribution in [0.3, 0.4) is 0 Å². The van der Waals surface area contributed by atoms with Crippen molar-refractivity contribution >= 4 is 31.2 Å². The maximum atomic E-state index is 11.8. The topological polar surface area (TPSA) is 125 Å². The highest BCUT2D eigenvalue weighted by molar-refractivity contribution is 7.95. The Kier molecular flexibility index (Phi) is 5.29. The van der Waals surface area contributed by atoms with Gasteiger partial charge in [0.1, 0.15) is 9.84 Å². The molecule has 8 nitrogen and oxygen atoms in total. The lowest BCUT2D eigenvalue weighted by molar-refractivity contribution is 0.355. The molecule has 21 heavy (non-hydrogen) atoms. The van der Waals surface area contributed by atoms with Crippen LogP contribution in [-0.4, -0.2) is 48.8 Å². The van der Waals surface area contributed by atoms with Gasteiger partial charge < -0.3 is 15.2 Å². The molecule has 0 aromatic heterocycles. The average molecular weight is 338 g/mol. The lowest BCUT2D eigenvalue weighted by Crippen LogP contribution is -2.23. The molecular formula is C11H18N2O6S2. The zero-order chi connectivity index (χ0) is 16.3. The van der Waals surface area contributed by atoms with Crippen LogP contribution in [0.4, 0.5) is 11.4 Å². The lowest BCUT2D eigenvalue weighted by Gasteiger charge is -2.14. The molecule has 10 heteroatoms. The van der Waals surface area contributed by atoms with Crippen LogP contribution >= 0.6 is 0 Å². The zero-order valence-electron chi connectivity index (χ0n) is 11.9. The maximum Gasteiger partial charge on any atom is 0.233 e. The van der Waals surface area contributed by atoms with Gasteiger partial charge in [-0.05, 0) is 0 Å². The molecule has 0 saturated heterocycles. The molecule has 3 N–H and O–H groups in total. The molecule has 1 aromatic rings. The van der Waals surface area contributed by atoms with Gasteiger partial charge in [0.05, 0.1) is 37.1 Å². The molecule has 0 aliphatic rings. The SMILES string of the molecule is COc1cc(N)c(NS(=O)(=O)CCS(C)(=O)=O)cc1OC. The van der Waals surface area contributed by atoms with Crippen molar-refractivity contribution in [3.05, 3.63) is 12.1 Å². The van der Waals surface area contributed by atoms with E-state index in [9.17, 15) is 16.8 Å². The summed E-state index contributed by atoms with van der Waals surface area (Å²) < 4.78 is 58.1. The number of ether oxygens (including phenoxy) is 2. The summed E-state index contributed by atoms with van der Waals surface area (Å²) in [7, 11) is -4.40. The fourth-order valence-electron chi connectivity index (χ4n) is 1.46.